The molecule has 1 saturated carbocycles. The van der Waals surface area contributed by atoms with Crippen LogP contribution in [-0.4, -0.2) is 37.9 Å². The summed E-state index contributed by atoms with van der Waals surface area (Å²) < 4.78 is 21.0. The number of carbonyl (C=O) groups is 1. The first-order valence-corrected chi connectivity index (χ1v) is 9.43. The van der Waals surface area contributed by atoms with Crippen LogP contribution in [0.2, 0.25) is 0 Å². The molecule has 1 aromatic carbocycles. The van der Waals surface area contributed by atoms with E-state index in [4.69, 9.17) is 4.74 Å². The van der Waals surface area contributed by atoms with E-state index in [-0.39, 0.29) is 29.5 Å². The van der Waals surface area contributed by atoms with E-state index in [1.54, 1.807) is 24.4 Å². The Labute approximate surface area is 167 Å². The zero-order chi connectivity index (χ0) is 20.2. The molecule has 0 bridgehead atoms. The van der Waals surface area contributed by atoms with Crippen molar-refractivity contribution in [3.05, 3.63) is 72.4 Å². The van der Waals surface area contributed by atoms with Crippen molar-refractivity contribution in [2.45, 2.75) is 31.5 Å². The van der Waals surface area contributed by atoms with Crippen molar-refractivity contribution in [3.63, 3.8) is 0 Å². The van der Waals surface area contributed by atoms with Gasteiger partial charge in [0.15, 0.2) is 11.6 Å². The number of aliphatic hydroxyl groups is 1. The van der Waals surface area contributed by atoms with Crippen LogP contribution in [0.15, 0.2) is 61.1 Å². The molecule has 2 heterocycles. The Kier molecular flexibility index (Phi) is 5.53. The van der Waals surface area contributed by atoms with Gasteiger partial charge in [0.1, 0.15) is 0 Å². The molecular weight excluding hydrogens is 375 g/mol. The third-order valence-electron chi connectivity index (χ3n) is 5.00. The Morgan fingerprint density at radius 1 is 1.24 bits per heavy atom. The van der Waals surface area contributed by atoms with Gasteiger partial charge >= 0.3 is 0 Å². The number of nitrogens with one attached hydrogen (secondary N) is 1. The van der Waals surface area contributed by atoms with E-state index in [0.29, 0.717) is 24.9 Å². The number of benzene rings is 1. The van der Waals surface area contributed by atoms with Gasteiger partial charge in [0.25, 0.3) is 5.91 Å². The molecular formula is C21H21FN4O3. The molecule has 8 heteroatoms. The number of hydrogen-bond donors (Lipinski definition) is 2. The van der Waals surface area contributed by atoms with Gasteiger partial charge in [0, 0.05) is 36.8 Å². The molecule has 0 spiro atoms. The minimum atomic E-state index is -0.615. The predicted octanol–water partition coefficient (Wildman–Crippen LogP) is 2.78. The van der Waals surface area contributed by atoms with Crippen LogP contribution in [0.25, 0.3) is 0 Å². The van der Waals surface area contributed by atoms with Gasteiger partial charge in [-0.3, -0.25) is 9.48 Å². The number of aliphatic hydroxyl groups excluding tert-OH is 1. The lowest BCUT2D eigenvalue weighted by Crippen LogP contribution is -2.39. The number of amides is 1. The number of halogens is 1. The molecule has 2 aromatic heterocycles. The van der Waals surface area contributed by atoms with Crippen molar-refractivity contribution in [3.8, 4) is 11.6 Å². The van der Waals surface area contributed by atoms with E-state index in [0.717, 1.165) is 0 Å². The standard InChI is InChI=1S/C21H21FN4O3/c22-16-4-1-2-5-19(16)29-20-12-15(6-8-23-20)21(28)25-17-10-14(11-18(17)27)13-26-9-3-7-24-26/h1-9,12,14,17-18,27H,10-11,13H2,(H,25,28)/t14?,17-,18-/m1/s1. The molecule has 29 heavy (non-hydrogen) atoms. The summed E-state index contributed by atoms with van der Waals surface area (Å²) in [5, 5.41) is 17.4. The normalized spacial score (nSPS) is 21.1. The molecule has 1 fully saturated rings. The van der Waals surface area contributed by atoms with Gasteiger partial charge in [-0.2, -0.15) is 5.10 Å². The zero-order valence-corrected chi connectivity index (χ0v) is 15.6. The zero-order valence-electron chi connectivity index (χ0n) is 15.6. The predicted molar refractivity (Wildman–Crippen MR) is 103 cm³/mol. The molecule has 7 nitrogen and oxygen atoms in total. The maximum Gasteiger partial charge on any atom is 0.251 e. The number of hydrogen-bond acceptors (Lipinski definition) is 5. The van der Waals surface area contributed by atoms with Crippen molar-refractivity contribution < 1.29 is 19.0 Å². The van der Waals surface area contributed by atoms with Crippen LogP contribution in [0.5, 0.6) is 11.6 Å². The Morgan fingerprint density at radius 3 is 2.90 bits per heavy atom. The van der Waals surface area contributed by atoms with Crippen LogP contribution < -0.4 is 10.1 Å². The lowest BCUT2D eigenvalue weighted by molar-refractivity contribution is 0.0872. The second-order valence-electron chi connectivity index (χ2n) is 7.13. The van der Waals surface area contributed by atoms with Gasteiger partial charge in [-0.05, 0) is 43.0 Å². The summed E-state index contributed by atoms with van der Waals surface area (Å²) in [6.45, 7) is 0.701. The van der Waals surface area contributed by atoms with Crippen molar-refractivity contribution in [1.29, 1.82) is 0 Å². The molecule has 1 aliphatic carbocycles. The molecule has 150 valence electrons. The van der Waals surface area contributed by atoms with Crippen LogP contribution in [0.3, 0.4) is 0 Å². The number of aromatic nitrogens is 3. The van der Waals surface area contributed by atoms with E-state index < -0.39 is 11.9 Å². The summed E-state index contributed by atoms with van der Waals surface area (Å²) in [5.74, 6) is -0.472. The quantitative estimate of drug-likeness (QED) is 0.669. The molecule has 0 saturated heterocycles. The van der Waals surface area contributed by atoms with Gasteiger partial charge in [-0.15, -0.1) is 0 Å². The minimum absolute atomic E-state index is 0.0326. The molecule has 2 N–H and O–H groups in total. The number of pyridine rings is 1. The van der Waals surface area contributed by atoms with Crippen LogP contribution in [0.4, 0.5) is 4.39 Å². The number of rotatable bonds is 6. The van der Waals surface area contributed by atoms with E-state index in [1.807, 2.05) is 16.9 Å². The van der Waals surface area contributed by atoms with Gasteiger partial charge in [-0.1, -0.05) is 12.1 Å². The summed E-state index contributed by atoms with van der Waals surface area (Å²) in [5.41, 5.74) is 0.328. The second-order valence-corrected chi connectivity index (χ2v) is 7.13. The molecule has 0 aliphatic heterocycles. The number of para-hydroxylation sites is 1. The van der Waals surface area contributed by atoms with Crippen LogP contribution in [-0.2, 0) is 6.54 Å². The first-order chi connectivity index (χ1) is 14.1. The molecule has 3 atom stereocenters. The molecule has 1 amide bonds. The summed E-state index contributed by atoms with van der Waals surface area (Å²) in [4.78, 5) is 16.7. The Bertz CT molecular complexity index is 980. The Hall–Kier alpha value is -3.26. The van der Waals surface area contributed by atoms with Crippen LogP contribution in [0.1, 0.15) is 23.2 Å². The monoisotopic (exact) mass is 396 g/mol. The molecule has 0 radical (unpaired) electrons. The van der Waals surface area contributed by atoms with Crippen LogP contribution >= 0.6 is 0 Å². The van der Waals surface area contributed by atoms with Crippen molar-refractivity contribution in [2.24, 2.45) is 5.92 Å². The van der Waals surface area contributed by atoms with Gasteiger partial charge < -0.3 is 15.2 Å². The van der Waals surface area contributed by atoms with E-state index >= 15 is 0 Å². The first-order valence-electron chi connectivity index (χ1n) is 9.43. The highest BCUT2D eigenvalue weighted by molar-refractivity contribution is 5.94. The minimum Gasteiger partial charge on any atom is -0.436 e. The van der Waals surface area contributed by atoms with Gasteiger partial charge in [-0.25, -0.2) is 9.37 Å². The highest BCUT2D eigenvalue weighted by Gasteiger charge is 2.34. The van der Waals surface area contributed by atoms with E-state index in [2.05, 4.69) is 15.4 Å². The van der Waals surface area contributed by atoms with Crippen LogP contribution in [0, 0.1) is 11.7 Å². The van der Waals surface area contributed by atoms with Gasteiger partial charge in [0.2, 0.25) is 5.88 Å². The summed E-state index contributed by atoms with van der Waals surface area (Å²) in [7, 11) is 0. The second kappa shape index (κ2) is 8.40. The smallest absolute Gasteiger partial charge is 0.251 e. The lowest BCUT2D eigenvalue weighted by Gasteiger charge is -2.16. The molecule has 3 aromatic rings. The van der Waals surface area contributed by atoms with Crippen molar-refractivity contribution >= 4 is 5.91 Å². The fourth-order valence-electron chi connectivity index (χ4n) is 3.59. The molecule has 1 aliphatic rings. The van der Waals surface area contributed by atoms with Gasteiger partial charge in [0.05, 0.1) is 12.1 Å². The maximum absolute atomic E-state index is 13.8. The summed E-state index contributed by atoms with van der Waals surface area (Å²) in [6.07, 6.45) is 5.67. The average Bonchev–Trinajstić information content (AvgIpc) is 3.34. The van der Waals surface area contributed by atoms with Crippen molar-refractivity contribution in [2.75, 3.05) is 0 Å². The first kappa shape index (κ1) is 19.1. The average molecular weight is 396 g/mol. The SMILES string of the molecule is O=C(N[C@@H]1CC(Cn2cccn2)C[C@H]1O)c1ccnc(Oc2ccccc2F)c1. The third kappa shape index (κ3) is 4.60. The Morgan fingerprint density at radius 2 is 2.10 bits per heavy atom. The maximum atomic E-state index is 13.8. The molecule has 4 rings (SSSR count). The lowest BCUT2D eigenvalue weighted by atomic mass is 10.1. The van der Waals surface area contributed by atoms with Crippen molar-refractivity contribution in [1.82, 2.24) is 20.1 Å². The highest BCUT2D eigenvalue weighted by atomic mass is 19.1. The number of carbonyl (C=O) groups excluding carboxylic acids is 1. The number of ether oxygens (including phenoxy) is 1. The summed E-state index contributed by atoms with van der Waals surface area (Å²) >= 11 is 0. The Balaban J connectivity index is 1.39. The fraction of sp³-hybridized carbons (Fsp3) is 0.286. The molecule has 1 unspecified atom stereocenters. The van der Waals surface area contributed by atoms with E-state index in [9.17, 15) is 14.3 Å². The number of nitrogens with zero attached hydrogens (tertiary/aromatic N) is 3. The topological polar surface area (TPSA) is 89.3 Å². The fourth-order valence-corrected chi connectivity index (χ4v) is 3.59. The largest absolute Gasteiger partial charge is 0.436 e. The highest BCUT2D eigenvalue weighted by Crippen LogP contribution is 2.28. The summed E-state index contributed by atoms with van der Waals surface area (Å²) in [6, 6.07) is 10.5. The third-order valence-corrected chi connectivity index (χ3v) is 5.00. The van der Waals surface area contributed by atoms with E-state index in [1.165, 1.54) is 24.4 Å².